The number of amides is 1. The minimum Gasteiger partial charge on any atom is -0.493 e. The van der Waals surface area contributed by atoms with E-state index in [1.54, 1.807) is 43.3 Å². The van der Waals surface area contributed by atoms with Crippen LogP contribution in [0.5, 0.6) is 5.75 Å². The Hall–Kier alpha value is -2.93. The van der Waals surface area contributed by atoms with E-state index in [9.17, 15) is 14.7 Å². The van der Waals surface area contributed by atoms with Crippen LogP contribution in [0.3, 0.4) is 0 Å². The van der Waals surface area contributed by atoms with E-state index < -0.39 is 5.97 Å². The van der Waals surface area contributed by atoms with Crippen LogP contribution in [0.4, 0.5) is 5.69 Å². The fourth-order valence-electron chi connectivity index (χ4n) is 2.32. The third-order valence-corrected chi connectivity index (χ3v) is 3.92. The topological polar surface area (TPSA) is 87.7 Å². The quantitative estimate of drug-likeness (QED) is 0.654. The van der Waals surface area contributed by atoms with Crippen LogP contribution < -0.4 is 15.4 Å². The van der Waals surface area contributed by atoms with Gasteiger partial charge in [0.15, 0.2) is 5.11 Å². The number of carbonyl (C=O) groups is 2. The number of aromatic carboxylic acids is 1. The lowest BCUT2D eigenvalue weighted by molar-refractivity contribution is 0.0696. The zero-order valence-corrected chi connectivity index (χ0v) is 16.2. The minimum absolute atomic E-state index is 0.0825. The Bertz CT molecular complexity index is 865. The fraction of sp³-hybridized carbons (Fsp3) is 0.250. The predicted molar refractivity (Wildman–Crippen MR) is 109 cm³/mol. The summed E-state index contributed by atoms with van der Waals surface area (Å²) in [6.45, 7) is 6.32. The maximum absolute atomic E-state index is 12.4. The van der Waals surface area contributed by atoms with Crippen molar-refractivity contribution < 1.29 is 19.4 Å². The Morgan fingerprint density at radius 2 is 1.89 bits per heavy atom. The van der Waals surface area contributed by atoms with Crippen molar-refractivity contribution in [1.82, 2.24) is 5.32 Å². The molecule has 6 nitrogen and oxygen atoms in total. The maximum Gasteiger partial charge on any atom is 0.336 e. The average Bonchev–Trinajstić information content (AvgIpc) is 2.61. The summed E-state index contributed by atoms with van der Waals surface area (Å²) in [5.41, 5.74) is 1.64. The Kier molecular flexibility index (Phi) is 6.90. The van der Waals surface area contributed by atoms with Gasteiger partial charge < -0.3 is 15.2 Å². The third-order valence-electron chi connectivity index (χ3n) is 3.72. The molecule has 0 aliphatic carbocycles. The highest BCUT2D eigenvalue weighted by atomic mass is 32.1. The van der Waals surface area contributed by atoms with E-state index in [1.165, 1.54) is 6.07 Å². The van der Waals surface area contributed by atoms with Gasteiger partial charge in [0.1, 0.15) is 5.75 Å². The highest BCUT2D eigenvalue weighted by Crippen LogP contribution is 2.19. The lowest BCUT2D eigenvalue weighted by Gasteiger charge is -2.13. The number of hydrogen-bond acceptors (Lipinski definition) is 4. The molecule has 2 aromatic rings. The summed E-state index contributed by atoms with van der Waals surface area (Å²) in [5.74, 6) is -0.414. The molecular formula is C20H22N2O4S. The molecule has 0 heterocycles. The summed E-state index contributed by atoms with van der Waals surface area (Å²) in [7, 11) is 0. The number of benzene rings is 2. The van der Waals surface area contributed by atoms with Crippen LogP contribution in [0.1, 0.15) is 40.1 Å². The van der Waals surface area contributed by atoms with Crippen LogP contribution in [-0.2, 0) is 0 Å². The van der Waals surface area contributed by atoms with Gasteiger partial charge in [0, 0.05) is 11.3 Å². The smallest absolute Gasteiger partial charge is 0.336 e. The molecule has 0 spiro atoms. The van der Waals surface area contributed by atoms with Crippen molar-refractivity contribution in [3.63, 3.8) is 0 Å². The zero-order valence-electron chi connectivity index (χ0n) is 15.4. The molecule has 2 rings (SSSR count). The van der Waals surface area contributed by atoms with Crippen molar-refractivity contribution in [3.05, 3.63) is 59.2 Å². The number of carboxylic acids is 1. The van der Waals surface area contributed by atoms with Crippen molar-refractivity contribution >= 4 is 34.9 Å². The molecular weight excluding hydrogens is 364 g/mol. The van der Waals surface area contributed by atoms with Crippen molar-refractivity contribution in [2.45, 2.75) is 20.8 Å². The lowest BCUT2D eigenvalue weighted by Crippen LogP contribution is -2.34. The second kappa shape index (κ2) is 9.14. The number of anilines is 1. The van der Waals surface area contributed by atoms with Gasteiger partial charge in [-0.2, -0.15) is 0 Å². The molecule has 0 fully saturated rings. The molecule has 0 aliphatic heterocycles. The summed E-state index contributed by atoms with van der Waals surface area (Å²) < 4.78 is 5.63. The number of carbonyl (C=O) groups excluding carboxylic acids is 1. The van der Waals surface area contributed by atoms with Gasteiger partial charge in [0.05, 0.1) is 12.2 Å². The van der Waals surface area contributed by atoms with Crippen molar-refractivity contribution in [2.75, 3.05) is 11.9 Å². The Morgan fingerprint density at radius 3 is 2.56 bits per heavy atom. The Balaban J connectivity index is 2.04. The molecule has 142 valence electrons. The van der Waals surface area contributed by atoms with E-state index in [-0.39, 0.29) is 16.6 Å². The van der Waals surface area contributed by atoms with Crippen LogP contribution in [0.2, 0.25) is 0 Å². The Labute approximate surface area is 163 Å². The molecule has 0 aromatic heterocycles. The van der Waals surface area contributed by atoms with Gasteiger partial charge in [-0.3, -0.25) is 10.1 Å². The maximum atomic E-state index is 12.4. The van der Waals surface area contributed by atoms with E-state index >= 15 is 0 Å². The first-order valence-corrected chi connectivity index (χ1v) is 8.87. The number of ether oxygens (including phenoxy) is 1. The van der Waals surface area contributed by atoms with Crippen LogP contribution in [0, 0.1) is 12.8 Å². The first-order chi connectivity index (χ1) is 12.8. The molecule has 0 radical (unpaired) electrons. The normalized spacial score (nSPS) is 10.4. The average molecular weight is 386 g/mol. The van der Waals surface area contributed by atoms with Crippen molar-refractivity contribution in [2.24, 2.45) is 5.92 Å². The van der Waals surface area contributed by atoms with E-state index in [4.69, 9.17) is 17.0 Å². The SMILES string of the molecule is Cc1c(NC(=S)NC(=O)c2cccc(OCC(C)C)c2)cccc1C(=O)O. The minimum atomic E-state index is -1.02. The molecule has 3 N–H and O–H groups in total. The molecule has 0 bridgehead atoms. The molecule has 7 heteroatoms. The van der Waals surface area contributed by atoms with Gasteiger partial charge in [-0.15, -0.1) is 0 Å². The number of thiocarbonyl (C=S) groups is 1. The van der Waals surface area contributed by atoms with Crippen LogP contribution in [0.15, 0.2) is 42.5 Å². The van der Waals surface area contributed by atoms with Gasteiger partial charge in [-0.25, -0.2) is 4.79 Å². The van der Waals surface area contributed by atoms with Gasteiger partial charge >= 0.3 is 5.97 Å². The van der Waals surface area contributed by atoms with Crippen LogP contribution in [0.25, 0.3) is 0 Å². The van der Waals surface area contributed by atoms with Crippen molar-refractivity contribution in [3.8, 4) is 5.75 Å². The molecule has 1 amide bonds. The summed E-state index contributed by atoms with van der Waals surface area (Å²) >= 11 is 5.18. The summed E-state index contributed by atoms with van der Waals surface area (Å²) in [4.78, 5) is 23.6. The van der Waals surface area contributed by atoms with Crippen LogP contribution in [-0.4, -0.2) is 28.7 Å². The van der Waals surface area contributed by atoms with E-state index in [0.717, 1.165) is 0 Å². The van der Waals surface area contributed by atoms with E-state index in [2.05, 4.69) is 10.6 Å². The fourth-order valence-corrected chi connectivity index (χ4v) is 2.52. The molecule has 0 saturated carbocycles. The zero-order chi connectivity index (χ0) is 20.0. The first kappa shape index (κ1) is 20.4. The molecule has 27 heavy (non-hydrogen) atoms. The summed E-state index contributed by atoms with van der Waals surface area (Å²) in [5, 5.41) is 14.7. The number of hydrogen-bond donors (Lipinski definition) is 3. The molecule has 0 unspecified atom stereocenters. The van der Waals surface area contributed by atoms with Gasteiger partial charge in [-0.05, 0) is 61.0 Å². The Morgan fingerprint density at radius 1 is 1.19 bits per heavy atom. The highest BCUT2D eigenvalue weighted by molar-refractivity contribution is 7.80. The number of carboxylic acid groups (broad SMARTS) is 1. The summed E-state index contributed by atoms with van der Waals surface area (Å²) in [6.07, 6.45) is 0. The monoisotopic (exact) mass is 386 g/mol. The van der Waals surface area contributed by atoms with Gasteiger partial charge in [0.25, 0.3) is 5.91 Å². The van der Waals surface area contributed by atoms with Crippen LogP contribution >= 0.6 is 12.2 Å². The highest BCUT2D eigenvalue weighted by Gasteiger charge is 2.13. The second-order valence-electron chi connectivity index (χ2n) is 6.42. The third kappa shape index (κ3) is 5.79. The first-order valence-electron chi connectivity index (χ1n) is 8.46. The van der Waals surface area contributed by atoms with Gasteiger partial charge in [0.2, 0.25) is 0 Å². The predicted octanol–water partition coefficient (Wildman–Crippen LogP) is 3.85. The molecule has 0 aliphatic rings. The molecule has 0 saturated heterocycles. The molecule has 2 aromatic carbocycles. The molecule has 0 atom stereocenters. The lowest BCUT2D eigenvalue weighted by atomic mass is 10.1. The standard InChI is InChI=1S/C20H22N2O4S/c1-12(2)11-26-15-7-4-6-14(10-15)18(23)22-20(27)21-17-9-5-8-16(13(17)3)19(24)25/h4-10,12H,11H2,1-3H3,(H,24,25)(H2,21,22,23,27). The van der Waals surface area contributed by atoms with Gasteiger partial charge in [-0.1, -0.05) is 26.0 Å². The van der Waals surface area contributed by atoms with Crippen molar-refractivity contribution in [1.29, 1.82) is 0 Å². The van der Waals surface area contributed by atoms with E-state index in [0.29, 0.717) is 35.1 Å². The number of nitrogens with one attached hydrogen (secondary N) is 2. The largest absolute Gasteiger partial charge is 0.493 e. The van der Waals surface area contributed by atoms with E-state index in [1.807, 2.05) is 13.8 Å². The summed E-state index contributed by atoms with van der Waals surface area (Å²) in [6, 6.07) is 11.7. The second-order valence-corrected chi connectivity index (χ2v) is 6.83. The number of rotatable bonds is 6.